The molecule has 0 N–H and O–H groups in total. The second-order valence-electron chi connectivity index (χ2n) is 4.83. The number of hydrogen-bond acceptors (Lipinski definition) is 1. The minimum atomic E-state index is -0.315. The van der Waals surface area contributed by atoms with E-state index in [9.17, 15) is 4.79 Å². The molecule has 19 heavy (non-hydrogen) atoms. The molecule has 1 nitrogen and oxygen atoms in total. The largest absolute Gasteiger partial charge is 0.281 e. The Bertz CT molecular complexity index is 562. The van der Waals surface area contributed by atoms with Crippen LogP contribution in [-0.2, 0) is 4.79 Å². The molecule has 0 aliphatic rings. The van der Waals surface area contributed by atoms with Crippen molar-refractivity contribution in [3.8, 4) is 0 Å². The molecule has 0 saturated carbocycles. The summed E-state index contributed by atoms with van der Waals surface area (Å²) in [7, 11) is 0. The summed E-state index contributed by atoms with van der Waals surface area (Å²) in [6.07, 6.45) is 0. The van der Waals surface area contributed by atoms with Crippen LogP contribution in [0.1, 0.15) is 42.4 Å². The average molecular weight is 273 g/mol. The second kappa shape index (κ2) is 6.03. The lowest BCUT2D eigenvalue weighted by Crippen LogP contribution is -2.03. The van der Waals surface area contributed by atoms with E-state index in [1.54, 1.807) is 0 Å². The Labute approximate surface area is 119 Å². The van der Waals surface area contributed by atoms with E-state index in [4.69, 9.17) is 11.6 Å². The van der Waals surface area contributed by atoms with Gasteiger partial charge in [0.05, 0.1) is 5.92 Å². The van der Waals surface area contributed by atoms with Crippen molar-refractivity contribution in [2.45, 2.75) is 25.7 Å². The molecule has 2 aromatic rings. The van der Waals surface area contributed by atoms with Gasteiger partial charge < -0.3 is 0 Å². The van der Waals surface area contributed by atoms with Crippen LogP contribution in [0.2, 0.25) is 0 Å². The van der Waals surface area contributed by atoms with Gasteiger partial charge in [0.1, 0.15) is 0 Å². The molecule has 2 aromatic carbocycles. The molecule has 2 unspecified atom stereocenters. The number of rotatable bonds is 4. The summed E-state index contributed by atoms with van der Waals surface area (Å²) in [5, 5.41) is -0.315. The minimum Gasteiger partial charge on any atom is -0.281 e. The van der Waals surface area contributed by atoms with Crippen LogP contribution >= 0.6 is 11.6 Å². The topological polar surface area (TPSA) is 17.1 Å². The molecule has 0 bridgehead atoms. The van der Waals surface area contributed by atoms with Gasteiger partial charge in [0.2, 0.25) is 5.24 Å². The summed E-state index contributed by atoms with van der Waals surface area (Å²) in [6.45, 7) is 4.00. The van der Waals surface area contributed by atoms with Crippen molar-refractivity contribution in [1.29, 1.82) is 0 Å². The van der Waals surface area contributed by atoms with Gasteiger partial charge in [-0.1, -0.05) is 68.4 Å². The van der Waals surface area contributed by atoms with Gasteiger partial charge in [-0.2, -0.15) is 0 Å². The Hall–Kier alpha value is -1.60. The summed E-state index contributed by atoms with van der Waals surface area (Å²) >= 11 is 5.57. The van der Waals surface area contributed by atoms with E-state index in [2.05, 4.69) is 31.2 Å². The summed E-state index contributed by atoms with van der Waals surface area (Å²) in [5.41, 5.74) is 3.44. The van der Waals surface area contributed by atoms with Gasteiger partial charge in [-0.05, 0) is 28.3 Å². The van der Waals surface area contributed by atoms with Gasteiger partial charge in [-0.25, -0.2) is 0 Å². The standard InChI is InChI=1S/C17H17ClO/c1-12(14-7-4-3-5-8-14)15-9-6-10-16(11-15)13(2)17(18)19/h3-13H,1-2H3. The van der Waals surface area contributed by atoms with Crippen LogP contribution in [0.5, 0.6) is 0 Å². The summed E-state index contributed by atoms with van der Waals surface area (Å²) in [6, 6.07) is 18.4. The zero-order chi connectivity index (χ0) is 13.8. The first-order valence-electron chi connectivity index (χ1n) is 6.43. The maximum Gasteiger partial charge on any atom is 0.228 e. The average Bonchev–Trinajstić information content (AvgIpc) is 2.46. The lowest BCUT2D eigenvalue weighted by atomic mass is 9.90. The maximum absolute atomic E-state index is 11.3. The third-order valence-corrected chi connectivity index (χ3v) is 3.88. The first kappa shape index (κ1) is 13.8. The van der Waals surface area contributed by atoms with Gasteiger partial charge >= 0.3 is 0 Å². The van der Waals surface area contributed by atoms with E-state index < -0.39 is 0 Å². The number of benzene rings is 2. The Morgan fingerprint density at radius 2 is 1.47 bits per heavy atom. The SMILES string of the molecule is CC(C(=O)Cl)c1cccc(C(C)c2ccccc2)c1. The zero-order valence-corrected chi connectivity index (χ0v) is 11.9. The summed E-state index contributed by atoms with van der Waals surface area (Å²) in [5.74, 6) is 0.0448. The quantitative estimate of drug-likeness (QED) is 0.737. The molecular weight excluding hydrogens is 256 g/mol. The summed E-state index contributed by atoms with van der Waals surface area (Å²) < 4.78 is 0. The van der Waals surface area contributed by atoms with Crippen molar-refractivity contribution in [2.75, 3.05) is 0 Å². The van der Waals surface area contributed by atoms with Gasteiger partial charge in [-0.15, -0.1) is 0 Å². The van der Waals surface area contributed by atoms with E-state index in [1.807, 2.05) is 37.3 Å². The van der Waals surface area contributed by atoms with Crippen LogP contribution in [-0.4, -0.2) is 5.24 Å². The van der Waals surface area contributed by atoms with Crippen molar-refractivity contribution in [2.24, 2.45) is 0 Å². The van der Waals surface area contributed by atoms with Crippen LogP contribution in [0.4, 0.5) is 0 Å². The van der Waals surface area contributed by atoms with Crippen molar-refractivity contribution < 1.29 is 4.79 Å². The molecule has 98 valence electrons. The number of carbonyl (C=O) groups is 1. The molecule has 2 heteroatoms. The number of hydrogen-bond donors (Lipinski definition) is 0. The van der Waals surface area contributed by atoms with E-state index in [0.29, 0.717) is 5.92 Å². The fourth-order valence-corrected chi connectivity index (χ4v) is 2.29. The maximum atomic E-state index is 11.3. The molecule has 2 rings (SSSR count). The van der Waals surface area contributed by atoms with E-state index in [0.717, 1.165) is 5.56 Å². The molecule has 0 spiro atoms. The van der Waals surface area contributed by atoms with Crippen molar-refractivity contribution >= 4 is 16.8 Å². The van der Waals surface area contributed by atoms with Crippen LogP contribution in [0.15, 0.2) is 54.6 Å². The van der Waals surface area contributed by atoms with Gasteiger partial charge in [0.25, 0.3) is 0 Å². The zero-order valence-electron chi connectivity index (χ0n) is 11.1. The van der Waals surface area contributed by atoms with Gasteiger partial charge in [-0.3, -0.25) is 4.79 Å². The molecule has 0 aliphatic carbocycles. The molecule has 0 fully saturated rings. The third-order valence-electron chi connectivity index (χ3n) is 3.55. The third kappa shape index (κ3) is 3.24. The highest BCUT2D eigenvalue weighted by atomic mass is 35.5. The highest BCUT2D eigenvalue weighted by Crippen LogP contribution is 2.27. The first-order chi connectivity index (χ1) is 9.09. The fraction of sp³-hybridized carbons (Fsp3) is 0.235. The van der Waals surface area contributed by atoms with Crippen molar-refractivity contribution in [1.82, 2.24) is 0 Å². The van der Waals surface area contributed by atoms with Crippen LogP contribution in [0.3, 0.4) is 0 Å². The molecule has 0 amide bonds. The lowest BCUT2D eigenvalue weighted by molar-refractivity contribution is -0.112. The first-order valence-corrected chi connectivity index (χ1v) is 6.81. The Morgan fingerprint density at radius 1 is 0.895 bits per heavy atom. The highest BCUT2D eigenvalue weighted by Gasteiger charge is 2.15. The van der Waals surface area contributed by atoms with E-state index in [1.165, 1.54) is 11.1 Å². The monoisotopic (exact) mass is 272 g/mol. The molecule has 0 saturated heterocycles. The lowest BCUT2D eigenvalue weighted by Gasteiger charge is -2.15. The predicted molar refractivity (Wildman–Crippen MR) is 79.7 cm³/mol. The second-order valence-corrected chi connectivity index (χ2v) is 5.20. The minimum absolute atomic E-state index is 0.260. The smallest absolute Gasteiger partial charge is 0.228 e. The van der Waals surface area contributed by atoms with Crippen LogP contribution in [0, 0.1) is 0 Å². The van der Waals surface area contributed by atoms with Crippen LogP contribution in [0.25, 0.3) is 0 Å². The van der Waals surface area contributed by atoms with Crippen LogP contribution < -0.4 is 0 Å². The molecule has 0 heterocycles. The summed E-state index contributed by atoms with van der Waals surface area (Å²) in [4.78, 5) is 11.3. The van der Waals surface area contributed by atoms with Crippen molar-refractivity contribution in [3.05, 3.63) is 71.3 Å². The Morgan fingerprint density at radius 3 is 2.11 bits per heavy atom. The molecule has 2 atom stereocenters. The highest BCUT2D eigenvalue weighted by molar-refractivity contribution is 6.64. The molecule has 0 radical (unpaired) electrons. The van der Waals surface area contributed by atoms with E-state index >= 15 is 0 Å². The van der Waals surface area contributed by atoms with Crippen molar-refractivity contribution in [3.63, 3.8) is 0 Å². The fourth-order valence-electron chi connectivity index (χ4n) is 2.16. The number of halogens is 1. The molecule has 0 aromatic heterocycles. The number of carbonyl (C=O) groups excluding carboxylic acids is 1. The normalized spacial score (nSPS) is 13.8. The molecular formula is C17H17ClO. The van der Waals surface area contributed by atoms with Gasteiger partial charge in [0.15, 0.2) is 0 Å². The van der Waals surface area contributed by atoms with E-state index in [-0.39, 0.29) is 11.2 Å². The Kier molecular flexibility index (Phi) is 4.39. The van der Waals surface area contributed by atoms with Gasteiger partial charge in [0, 0.05) is 5.92 Å². The Balaban J connectivity index is 2.31. The predicted octanol–water partition coefficient (Wildman–Crippen LogP) is 4.71. The molecule has 0 aliphatic heterocycles.